The van der Waals surface area contributed by atoms with Crippen molar-refractivity contribution in [2.75, 3.05) is 51.0 Å². The van der Waals surface area contributed by atoms with E-state index in [1.807, 2.05) is 4.90 Å². The van der Waals surface area contributed by atoms with Gasteiger partial charge in [-0.2, -0.15) is 0 Å². The summed E-state index contributed by atoms with van der Waals surface area (Å²) < 4.78 is 0. The lowest BCUT2D eigenvalue weighted by Gasteiger charge is -2.33. The predicted molar refractivity (Wildman–Crippen MR) is 83.9 cm³/mol. The summed E-state index contributed by atoms with van der Waals surface area (Å²) in [5.41, 5.74) is 0.0834. The minimum atomic E-state index is -0.353. The molecule has 1 aliphatic rings. The second-order valence-corrected chi connectivity index (χ2v) is 5.74. The third-order valence-electron chi connectivity index (χ3n) is 3.84. The smallest absolute Gasteiger partial charge is 0.311 e. The maximum atomic E-state index is 11.2. The number of anilines is 2. The van der Waals surface area contributed by atoms with Gasteiger partial charge in [0.25, 0.3) is 0 Å². The first-order valence-electron chi connectivity index (χ1n) is 7.24. The van der Waals surface area contributed by atoms with Crippen LogP contribution < -0.4 is 10.2 Å². The second kappa shape index (κ2) is 6.71. The van der Waals surface area contributed by atoms with E-state index in [1.54, 1.807) is 13.1 Å². The van der Waals surface area contributed by atoms with E-state index in [4.69, 9.17) is 0 Å². The molecule has 2 heterocycles. The summed E-state index contributed by atoms with van der Waals surface area (Å²) in [6.07, 6.45) is 2.08. The van der Waals surface area contributed by atoms with Crippen molar-refractivity contribution < 1.29 is 4.92 Å². The van der Waals surface area contributed by atoms with Crippen LogP contribution in [-0.4, -0.2) is 55.6 Å². The van der Waals surface area contributed by atoms with Gasteiger partial charge < -0.3 is 15.1 Å². The highest BCUT2D eigenvalue weighted by Crippen LogP contribution is 2.31. The molecular formula is C14H23N5O2. The first-order chi connectivity index (χ1) is 10.0. The lowest BCUT2D eigenvalue weighted by atomic mass is 9.96. The number of nitrogens with zero attached hydrogens (tertiary/aromatic N) is 4. The first-order valence-corrected chi connectivity index (χ1v) is 7.24. The highest BCUT2D eigenvalue weighted by atomic mass is 16.6. The first kappa shape index (κ1) is 15.5. The normalized spacial score (nSPS) is 16.3. The maximum absolute atomic E-state index is 11.2. The molecule has 0 atom stereocenters. The van der Waals surface area contributed by atoms with E-state index in [0.717, 1.165) is 32.5 Å². The Balaban J connectivity index is 2.13. The van der Waals surface area contributed by atoms with Crippen LogP contribution in [0.2, 0.25) is 0 Å². The van der Waals surface area contributed by atoms with Crippen LogP contribution >= 0.6 is 0 Å². The Hall–Kier alpha value is -1.89. The molecule has 0 unspecified atom stereocenters. The molecule has 0 amide bonds. The Morgan fingerprint density at radius 2 is 2.10 bits per heavy atom. The van der Waals surface area contributed by atoms with Gasteiger partial charge in [-0.3, -0.25) is 10.1 Å². The van der Waals surface area contributed by atoms with E-state index in [9.17, 15) is 10.1 Å². The van der Waals surface area contributed by atoms with Crippen LogP contribution in [0, 0.1) is 16.0 Å². The Labute approximate surface area is 125 Å². The zero-order valence-corrected chi connectivity index (χ0v) is 12.9. The minimum Gasteiger partial charge on any atom is -0.373 e. The minimum absolute atomic E-state index is 0.0834. The lowest BCUT2D eigenvalue weighted by Crippen LogP contribution is -2.37. The van der Waals surface area contributed by atoms with Gasteiger partial charge >= 0.3 is 5.69 Å². The van der Waals surface area contributed by atoms with E-state index < -0.39 is 0 Å². The second-order valence-electron chi connectivity index (χ2n) is 5.74. The van der Waals surface area contributed by atoms with Crippen molar-refractivity contribution in [2.24, 2.45) is 5.92 Å². The monoisotopic (exact) mass is 293 g/mol. The van der Waals surface area contributed by atoms with Crippen LogP contribution in [0.4, 0.5) is 17.3 Å². The fraction of sp³-hybridized carbons (Fsp3) is 0.643. The molecule has 1 aliphatic heterocycles. The summed E-state index contributed by atoms with van der Waals surface area (Å²) in [7, 11) is 5.92. The molecule has 1 aromatic rings. The number of aromatic nitrogens is 1. The molecular weight excluding hydrogens is 270 g/mol. The van der Waals surface area contributed by atoms with Gasteiger partial charge in [-0.1, -0.05) is 0 Å². The molecule has 1 aromatic heterocycles. The summed E-state index contributed by atoms with van der Waals surface area (Å²) in [4.78, 5) is 19.4. The number of hydrogen-bond acceptors (Lipinski definition) is 6. The summed E-state index contributed by atoms with van der Waals surface area (Å²) in [6.45, 7) is 2.71. The van der Waals surface area contributed by atoms with Crippen molar-refractivity contribution in [3.8, 4) is 0 Å². The van der Waals surface area contributed by atoms with Crippen molar-refractivity contribution in [3.05, 3.63) is 22.2 Å². The lowest BCUT2D eigenvalue weighted by molar-refractivity contribution is -0.384. The topological polar surface area (TPSA) is 74.5 Å². The van der Waals surface area contributed by atoms with Crippen LogP contribution in [-0.2, 0) is 0 Å². The molecule has 0 spiro atoms. The number of rotatable bonds is 5. The third-order valence-corrected chi connectivity index (χ3v) is 3.84. The predicted octanol–water partition coefficient (Wildman–Crippen LogP) is 1.81. The Morgan fingerprint density at radius 3 is 2.62 bits per heavy atom. The molecule has 0 radical (unpaired) electrons. The fourth-order valence-corrected chi connectivity index (χ4v) is 2.80. The molecule has 2 rings (SSSR count). The van der Waals surface area contributed by atoms with Gasteiger partial charge in [-0.15, -0.1) is 0 Å². The molecule has 0 aliphatic carbocycles. The van der Waals surface area contributed by atoms with Crippen molar-refractivity contribution in [1.82, 2.24) is 9.88 Å². The van der Waals surface area contributed by atoms with E-state index in [-0.39, 0.29) is 10.6 Å². The van der Waals surface area contributed by atoms with Crippen LogP contribution in [0.15, 0.2) is 12.1 Å². The van der Waals surface area contributed by atoms with Crippen molar-refractivity contribution in [1.29, 1.82) is 0 Å². The summed E-state index contributed by atoms with van der Waals surface area (Å²) in [5, 5.41) is 14.1. The highest BCUT2D eigenvalue weighted by Gasteiger charge is 2.26. The van der Waals surface area contributed by atoms with E-state index in [2.05, 4.69) is 29.3 Å². The van der Waals surface area contributed by atoms with Gasteiger partial charge in [0.15, 0.2) is 0 Å². The zero-order chi connectivity index (χ0) is 15.4. The number of nitro groups is 1. The number of piperidine rings is 1. The van der Waals surface area contributed by atoms with E-state index in [1.165, 1.54) is 6.07 Å². The standard InChI is InChI=1S/C14H23N5O2/c1-15-13-5-4-12(19(20)21)14(16-13)18-8-6-11(7-9-18)10-17(2)3/h4-5,11H,6-10H2,1-3H3,(H,15,16). The molecule has 7 heteroatoms. The van der Waals surface area contributed by atoms with Gasteiger partial charge in [-0.25, -0.2) is 4.98 Å². The largest absolute Gasteiger partial charge is 0.373 e. The molecule has 21 heavy (non-hydrogen) atoms. The zero-order valence-electron chi connectivity index (χ0n) is 12.9. The molecule has 0 saturated carbocycles. The van der Waals surface area contributed by atoms with Crippen molar-refractivity contribution in [2.45, 2.75) is 12.8 Å². The number of nitrogens with one attached hydrogen (secondary N) is 1. The molecule has 1 saturated heterocycles. The highest BCUT2D eigenvalue weighted by molar-refractivity contribution is 5.61. The van der Waals surface area contributed by atoms with Crippen LogP contribution in [0.25, 0.3) is 0 Å². The summed E-state index contributed by atoms with van der Waals surface area (Å²) in [5.74, 6) is 1.80. The average molecular weight is 293 g/mol. The van der Waals surface area contributed by atoms with Gasteiger partial charge in [0.05, 0.1) is 4.92 Å². The molecule has 116 valence electrons. The molecule has 7 nitrogen and oxygen atoms in total. The van der Waals surface area contributed by atoms with Crippen LogP contribution in [0.5, 0.6) is 0 Å². The van der Waals surface area contributed by atoms with Crippen LogP contribution in [0.1, 0.15) is 12.8 Å². The quantitative estimate of drug-likeness (QED) is 0.659. The van der Waals surface area contributed by atoms with E-state index in [0.29, 0.717) is 17.6 Å². The molecule has 0 bridgehead atoms. The number of hydrogen-bond donors (Lipinski definition) is 1. The maximum Gasteiger partial charge on any atom is 0.311 e. The van der Waals surface area contributed by atoms with Gasteiger partial charge in [-0.05, 0) is 38.9 Å². The van der Waals surface area contributed by atoms with Gasteiger partial charge in [0.1, 0.15) is 5.82 Å². The summed E-state index contributed by atoms with van der Waals surface area (Å²) in [6, 6.07) is 3.17. The Kier molecular flexibility index (Phi) is 4.95. The Bertz CT molecular complexity index is 498. The Morgan fingerprint density at radius 1 is 1.43 bits per heavy atom. The third kappa shape index (κ3) is 3.81. The van der Waals surface area contributed by atoms with E-state index >= 15 is 0 Å². The average Bonchev–Trinajstić information content (AvgIpc) is 2.46. The fourth-order valence-electron chi connectivity index (χ4n) is 2.80. The molecule has 1 fully saturated rings. The van der Waals surface area contributed by atoms with Crippen LogP contribution in [0.3, 0.4) is 0 Å². The van der Waals surface area contributed by atoms with Crippen molar-refractivity contribution >= 4 is 17.3 Å². The molecule has 1 N–H and O–H groups in total. The van der Waals surface area contributed by atoms with Crippen molar-refractivity contribution in [3.63, 3.8) is 0 Å². The number of pyridine rings is 1. The summed E-state index contributed by atoms with van der Waals surface area (Å²) >= 11 is 0. The molecule has 0 aromatic carbocycles. The van der Waals surface area contributed by atoms with Gasteiger partial charge in [0.2, 0.25) is 5.82 Å². The SMILES string of the molecule is CNc1ccc([N+](=O)[O-])c(N2CCC(CN(C)C)CC2)n1. The van der Waals surface area contributed by atoms with Gasteiger partial charge in [0, 0.05) is 32.7 Å².